The number of halogens is 1. The van der Waals surface area contributed by atoms with Gasteiger partial charge in [-0.3, -0.25) is 4.90 Å². The van der Waals surface area contributed by atoms with Crippen molar-refractivity contribution in [3.05, 3.63) is 12.2 Å². The van der Waals surface area contributed by atoms with Crippen LogP contribution < -0.4 is 0 Å². The Morgan fingerprint density at radius 2 is 2.11 bits per heavy atom. The molecule has 0 aliphatic rings. The molecule has 0 bridgehead atoms. The molecule has 0 unspecified atom stereocenters. The zero-order chi connectivity index (χ0) is 13.4. The SMILES string of the molecule is CC(C)Cn1ncnc1CN(C)CCCCCCl. The van der Waals surface area contributed by atoms with Crippen molar-refractivity contribution < 1.29 is 0 Å². The van der Waals surface area contributed by atoms with Gasteiger partial charge in [-0.1, -0.05) is 20.3 Å². The molecule has 0 amide bonds. The van der Waals surface area contributed by atoms with Crippen molar-refractivity contribution in [2.75, 3.05) is 19.5 Å². The van der Waals surface area contributed by atoms with E-state index in [1.165, 1.54) is 12.8 Å². The number of unbranched alkanes of at least 4 members (excludes halogenated alkanes) is 2. The normalized spacial score (nSPS) is 11.7. The molecule has 0 radical (unpaired) electrons. The summed E-state index contributed by atoms with van der Waals surface area (Å²) in [5.41, 5.74) is 0. The van der Waals surface area contributed by atoms with Crippen LogP contribution in [0.4, 0.5) is 0 Å². The van der Waals surface area contributed by atoms with E-state index < -0.39 is 0 Å². The highest BCUT2D eigenvalue weighted by Crippen LogP contribution is 2.05. The Labute approximate surface area is 115 Å². The average molecular weight is 273 g/mol. The van der Waals surface area contributed by atoms with Crippen molar-refractivity contribution in [3.8, 4) is 0 Å². The maximum absolute atomic E-state index is 5.67. The summed E-state index contributed by atoms with van der Waals surface area (Å²) >= 11 is 5.67. The highest BCUT2D eigenvalue weighted by atomic mass is 35.5. The minimum absolute atomic E-state index is 0.597. The second-order valence-electron chi connectivity index (χ2n) is 5.24. The number of rotatable bonds is 9. The molecule has 0 spiro atoms. The molecule has 5 heteroatoms. The first kappa shape index (κ1) is 15.4. The highest BCUT2D eigenvalue weighted by Gasteiger charge is 2.08. The lowest BCUT2D eigenvalue weighted by Gasteiger charge is -2.17. The maximum Gasteiger partial charge on any atom is 0.141 e. The van der Waals surface area contributed by atoms with Crippen molar-refractivity contribution in [2.45, 2.75) is 46.2 Å². The smallest absolute Gasteiger partial charge is 0.141 e. The van der Waals surface area contributed by atoms with Crippen molar-refractivity contribution >= 4 is 11.6 Å². The second kappa shape index (κ2) is 8.48. The molecule has 1 aromatic heterocycles. The molecule has 4 nitrogen and oxygen atoms in total. The molecule has 0 saturated carbocycles. The third-order valence-corrected chi connectivity index (χ3v) is 3.09. The average Bonchev–Trinajstić information content (AvgIpc) is 2.71. The lowest BCUT2D eigenvalue weighted by atomic mass is 10.2. The number of hydrogen-bond donors (Lipinski definition) is 0. The van der Waals surface area contributed by atoms with Gasteiger partial charge in [-0.05, 0) is 32.4 Å². The van der Waals surface area contributed by atoms with Crippen LogP contribution in [0.3, 0.4) is 0 Å². The first-order valence-electron chi connectivity index (χ1n) is 6.74. The van der Waals surface area contributed by atoms with Crippen LogP contribution in [-0.2, 0) is 13.1 Å². The van der Waals surface area contributed by atoms with E-state index in [4.69, 9.17) is 11.6 Å². The minimum Gasteiger partial charge on any atom is -0.299 e. The van der Waals surface area contributed by atoms with E-state index in [2.05, 4.69) is 35.9 Å². The summed E-state index contributed by atoms with van der Waals surface area (Å²) in [4.78, 5) is 6.64. The topological polar surface area (TPSA) is 34.0 Å². The van der Waals surface area contributed by atoms with Crippen molar-refractivity contribution in [1.29, 1.82) is 0 Å². The summed E-state index contributed by atoms with van der Waals surface area (Å²) in [6.07, 6.45) is 5.16. The predicted molar refractivity (Wildman–Crippen MR) is 75.8 cm³/mol. The number of alkyl halides is 1. The van der Waals surface area contributed by atoms with E-state index in [1.54, 1.807) is 6.33 Å². The van der Waals surface area contributed by atoms with Crippen LogP contribution in [0.1, 0.15) is 38.9 Å². The summed E-state index contributed by atoms with van der Waals surface area (Å²) in [7, 11) is 2.13. The summed E-state index contributed by atoms with van der Waals surface area (Å²) in [6, 6.07) is 0. The Balaban J connectivity index is 2.34. The van der Waals surface area contributed by atoms with Gasteiger partial charge in [0.2, 0.25) is 0 Å². The number of nitrogens with zero attached hydrogens (tertiary/aromatic N) is 4. The molecule has 0 atom stereocenters. The van der Waals surface area contributed by atoms with Gasteiger partial charge in [0.05, 0.1) is 6.54 Å². The summed E-state index contributed by atoms with van der Waals surface area (Å²) in [5.74, 6) is 2.43. The van der Waals surface area contributed by atoms with Gasteiger partial charge >= 0.3 is 0 Å². The van der Waals surface area contributed by atoms with Crippen LogP contribution in [-0.4, -0.2) is 39.1 Å². The lowest BCUT2D eigenvalue weighted by Crippen LogP contribution is -2.22. The van der Waals surface area contributed by atoms with E-state index in [0.29, 0.717) is 5.92 Å². The molecule has 18 heavy (non-hydrogen) atoms. The van der Waals surface area contributed by atoms with Gasteiger partial charge < -0.3 is 0 Å². The molecule has 1 heterocycles. The van der Waals surface area contributed by atoms with E-state index in [1.807, 2.05) is 4.68 Å². The van der Waals surface area contributed by atoms with Crippen molar-refractivity contribution in [2.24, 2.45) is 5.92 Å². The Morgan fingerprint density at radius 1 is 1.33 bits per heavy atom. The number of hydrogen-bond acceptors (Lipinski definition) is 3. The molecule has 0 saturated heterocycles. The van der Waals surface area contributed by atoms with Gasteiger partial charge in [0.25, 0.3) is 0 Å². The first-order valence-corrected chi connectivity index (χ1v) is 7.28. The lowest BCUT2D eigenvalue weighted by molar-refractivity contribution is 0.299. The Hall–Kier alpha value is -0.610. The minimum atomic E-state index is 0.597. The molecule has 104 valence electrons. The monoisotopic (exact) mass is 272 g/mol. The Kier molecular flexibility index (Phi) is 7.28. The van der Waals surface area contributed by atoms with Gasteiger partial charge in [0.1, 0.15) is 12.2 Å². The zero-order valence-electron chi connectivity index (χ0n) is 11.8. The van der Waals surface area contributed by atoms with Gasteiger partial charge in [0.15, 0.2) is 0 Å². The fourth-order valence-corrected chi connectivity index (χ4v) is 2.07. The van der Waals surface area contributed by atoms with E-state index in [9.17, 15) is 0 Å². The molecule has 0 fully saturated rings. The predicted octanol–water partition coefficient (Wildman–Crippen LogP) is 2.78. The van der Waals surface area contributed by atoms with Crippen LogP contribution in [0.5, 0.6) is 0 Å². The van der Waals surface area contributed by atoms with Crippen molar-refractivity contribution in [1.82, 2.24) is 19.7 Å². The summed E-state index contributed by atoms with van der Waals surface area (Å²) < 4.78 is 2.01. The maximum atomic E-state index is 5.67. The number of aromatic nitrogens is 3. The molecule has 0 aliphatic carbocycles. The Bertz CT molecular complexity index is 325. The quantitative estimate of drug-likeness (QED) is 0.512. The Morgan fingerprint density at radius 3 is 2.78 bits per heavy atom. The van der Waals surface area contributed by atoms with Crippen LogP contribution in [0.2, 0.25) is 0 Å². The van der Waals surface area contributed by atoms with Gasteiger partial charge in [0, 0.05) is 12.4 Å². The zero-order valence-corrected chi connectivity index (χ0v) is 12.5. The van der Waals surface area contributed by atoms with Gasteiger partial charge in [-0.25, -0.2) is 9.67 Å². The van der Waals surface area contributed by atoms with E-state index in [0.717, 1.165) is 37.8 Å². The molecule has 0 aliphatic heterocycles. The molecule has 1 aromatic rings. The standard InChI is InChI=1S/C13H25ClN4/c1-12(2)9-18-13(15-11-16-18)10-17(3)8-6-4-5-7-14/h11-12H,4-10H2,1-3H3. The third-order valence-electron chi connectivity index (χ3n) is 2.82. The molecule has 1 rings (SSSR count). The van der Waals surface area contributed by atoms with Gasteiger partial charge in [-0.15, -0.1) is 11.6 Å². The highest BCUT2D eigenvalue weighted by molar-refractivity contribution is 6.17. The largest absolute Gasteiger partial charge is 0.299 e. The fraction of sp³-hybridized carbons (Fsp3) is 0.846. The molecular weight excluding hydrogens is 248 g/mol. The van der Waals surface area contributed by atoms with Crippen LogP contribution in [0, 0.1) is 5.92 Å². The fourth-order valence-electron chi connectivity index (χ4n) is 1.88. The summed E-state index contributed by atoms with van der Waals surface area (Å²) in [5, 5.41) is 4.28. The van der Waals surface area contributed by atoms with Crippen LogP contribution in [0.15, 0.2) is 6.33 Å². The summed E-state index contributed by atoms with van der Waals surface area (Å²) in [6.45, 7) is 7.29. The first-order chi connectivity index (χ1) is 8.63. The van der Waals surface area contributed by atoms with E-state index in [-0.39, 0.29) is 0 Å². The van der Waals surface area contributed by atoms with E-state index >= 15 is 0 Å². The second-order valence-corrected chi connectivity index (χ2v) is 5.62. The molecule has 0 aromatic carbocycles. The van der Waals surface area contributed by atoms with Crippen molar-refractivity contribution in [3.63, 3.8) is 0 Å². The third kappa shape index (κ3) is 5.83. The van der Waals surface area contributed by atoms with Gasteiger partial charge in [-0.2, -0.15) is 5.10 Å². The van der Waals surface area contributed by atoms with Crippen LogP contribution >= 0.6 is 11.6 Å². The molecule has 0 N–H and O–H groups in total. The van der Waals surface area contributed by atoms with Crippen LogP contribution in [0.25, 0.3) is 0 Å². The molecular formula is C13H25ClN4.